The van der Waals surface area contributed by atoms with Crippen LogP contribution in [0.15, 0.2) is 48.5 Å². The summed E-state index contributed by atoms with van der Waals surface area (Å²) in [5, 5.41) is 14.1. The number of fused-ring (bicyclic) bond motifs is 1. The number of para-hydroxylation sites is 1. The number of likely N-dealkylation sites (tertiary alicyclic amines) is 1. The summed E-state index contributed by atoms with van der Waals surface area (Å²) in [7, 11) is 0. The Kier molecular flexibility index (Phi) is 5.34. The first-order valence-electron chi connectivity index (χ1n) is 9.41. The summed E-state index contributed by atoms with van der Waals surface area (Å²) in [6.45, 7) is 3.02. The predicted octanol–water partition coefficient (Wildman–Crippen LogP) is 3.89. The lowest BCUT2D eigenvalue weighted by Crippen LogP contribution is -2.50. The van der Waals surface area contributed by atoms with Gasteiger partial charge in [0.2, 0.25) is 0 Å². The minimum absolute atomic E-state index is 0.00616. The third-order valence-corrected chi connectivity index (χ3v) is 5.80. The molecular formula is C21H24ClN3O2. The number of aliphatic hydroxyl groups is 1. The zero-order valence-corrected chi connectivity index (χ0v) is 15.9. The second-order valence-corrected chi connectivity index (χ2v) is 7.75. The highest BCUT2D eigenvalue weighted by molar-refractivity contribution is 6.30. The molecule has 0 aliphatic carbocycles. The number of amides is 2. The van der Waals surface area contributed by atoms with Crippen molar-refractivity contribution < 1.29 is 9.90 Å². The Balaban J connectivity index is 1.32. The van der Waals surface area contributed by atoms with Crippen LogP contribution in [0.1, 0.15) is 30.1 Å². The summed E-state index contributed by atoms with van der Waals surface area (Å²) in [5.74, 6) is 0. The van der Waals surface area contributed by atoms with E-state index in [1.54, 1.807) is 12.1 Å². The minimum atomic E-state index is -0.524. The lowest BCUT2D eigenvalue weighted by molar-refractivity contribution is 0.0747. The first kappa shape index (κ1) is 18.3. The molecule has 0 unspecified atom stereocenters. The molecule has 142 valence electrons. The quantitative estimate of drug-likeness (QED) is 0.839. The van der Waals surface area contributed by atoms with Crippen LogP contribution in [-0.2, 0) is 6.54 Å². The molecule has 1 fully saturated rings. The fourth-order valence-corrected chi connectivity index (χ4v) is 4.09. The molecule has 2 aromatic carbocycles. The molecule has 4 rings (SSSR count). The van der Waals surface area contributed by atoms with Crippen molar-refractivity contribution in [2.75, 3.05) is 25.0 Å². The van der Waals surface area contributed by atoms with Crippen LogP contribution in [0.25, 0.3) is 0 Å². The number of hydrogen-bond acceptors (Lipinski definition) is 3. The van der Waals surface area contributed by atoms with Gasteiger partial charge < -0.3 is 20.2 Å². The number of benzene rings is 2. The Bertz CT molecular complexity index is 803. The highest BCUT2D eigenvalue weighted by Gasteiger charge is 2.31. The average molecular weight is 386 g/mol. The Labute approximate surface area is 164 Å². The molecule has 0 bridgehead atoms. The lowest BCUT2D eigenvalue weighted by Gasteiger charge is -2.41. The van der Waals surface area contributed by atoms with E-state index in [4.69, 9.17) is 11.6 Å². The van der Waals surface area contributed by atoms with E-state index in [9.17, 15) is 9.90 Å². The van der Waals surface area contributed by atoms with Crippen LogP contribution < -0.4 is 5.32 Å². The molecule has 2 amide bonds. The number of rotatable bonds is 4. The van der Waals surface area contributed by atoms with Crippen LogP contribution in [0, 0.1) is 0 Å². The van der Waals surface area contributed by atoms with Crippen LogP contribution >= 0.6 is 11.6 Å². The van der Waals surface area contributed by atoms with Crippen molar-refractivity contribution in [3.63, 3.8) is 0 Å². The van der Waals surface area contributed by atoms with E-state index < -0.39 is 6.10 Å². The molecule has 0 saturated carbocycles. The van der Waals surface area contributed by atoms with Crippen LogP contribution in [-0.4, -0.2) is 46.6 Å². The van der Waals surface area contributed by atoms with Crippen LogP contribution in [0.2, 0.25) is 5.02 Å². The summed E-state index contributed by atoms with van der Waals surface area (Å²) >= 11 is 5.91. The number of halogens is 1. The second-order valence-electron chi connectivity index (χ2n) is 7.31. The van der Waals surface area contributed by atoms with E-state index >= 15 is 0 Å². The normalized spacial score (nSPS) is 19.5. The predicted molar refractivity (Wildman–Crippen MR) is 107 cm³/mol. The van der Waals surface area contributed by atoms with E-state index in [-0.39, 0.29) is 12.1 Å². The summed E-state index contributed by atoms with van der Waals surface area (Å²) < 4.78 is 0. The molecule has 2 aliphatic rings. The maximum absolute atomic E-state index is 12.5. The van der Waals surface area contributed by atoms with E-state index in [1.165, 1.54) is 0 Å². The fraction of sp³-hybridized carbons (Fsp3) is 0.381. The summed E-state index contributed by atoms with van der Waals surface area (Å²) in [6.07, 6.45) is 1.32. The van der Waals surface area contributed by atoms with Crippen LogP contribution in [0.5, 0.6) is 0 Å². The largest absolute Gasteiger partial charge is 0.387 e. The number of piperidine rings is 1. The second kappa shape index (κ2) is 7.89. The summed E-state index contributed by atoms with van der Waals surface area (Å²) in [4.78, 5) is 16.7. The van der Waals surface area contributed by atoms with Gasteiger partial charge >= 0.3 is 6.03 Å². The number of nitrogens with zero attached hydrogens (tertiary/aromatic N) is 2. The Morgan fingerprint density at radius 3 is 2.56 bits per heavy atom. The SMILES string of the molecule is O=C1Nc2ccccc2CN1C1CCN(C[C@H](O)c2ccc(Cl)cc2)CC1. The molecule has 1 saturated heterocycles. The van der Waals surface area contributed by atoms with Crippen LogP contribution in [0.3, 0.4) is 0 Å². The van der Waals surface area contributed by atoms with Crippen molar-refractivity contribution in [2.24, 2.45) is 0 Å². The van der Waals surface area contributed by atoms with Crippen LogP contribution in [0.4, 0.5) is 10.5 Å². The van der Waals surface area contributed by atoms with Gasteiger partial charge in [0.1, 0.15) is 0 Å². The first-order chi connectivity index (χ1) is 13.1. The van der Waals surface area contributed by atoms with Gasteiger partial charge in [0.05, 0.1) is 6.10 Å². The van der Waals surface area contributed by atoms with Gasteiger partial charge in [0, 0.05) is 42.9 Å². The van der Waals surface area contributed by atoms with Crippen molar-refractivity contribution in [1.82, 2.24) is 9.80 Å². The molecule has 5 nitrogen and oxygen atoms in total. The maximum atomic E-state index is 12.5. The first-order valence-corrected chi connectivity index (χ1v) is 9.79. The molecule has 2 aliphatic heterocycles. The van der Waals surface area contributed by atoms with Gasteiger partial charge in [0.15, 0.2) is 0 Å². The zero-order valence-electron chi connectivity index (χ0n) is 15.1. The molecule has 2 N–H and O–H groups in total. The van der Waals surface area contributed by atoms with Gasteiger partial charge in [-0.3, -0.25) is 0 Å². The number of anilines is 1. The lowest BCUT2D eigenvalue weighted by atomic mass is 10.00. The highest BCUT2D eigenvalue weighted by atomic mass is 35.5. The number of aliphatic hydroxyl groups excluding tert-OH is 1. The molecule has 0 radical (unpaired) electrons. The molecule has 27 heavy (non-hydrogen) atoms. The summed E-state index contributed by atoms with van der Waals surface area (Å²) in [6, 6.07) is 15.6. The molecule has 0 spiro atoms. The number of carbonyl (C=O) groups excluding carboxylic acids is 1. The Morgan fingerprint density at radius 2 is 1.81 bits per heavy atom. The van der Waals surface area contributed by atoms with Gasteiger partial charge in [-0.05, 0) is 42.2 Å². The van der Waals surface area contributed by atoms with Crippen molar-refractivity contribution in [3.05, 3.63) is 64.7 Å². The monoisotopic (exact) mass is 385 g/mol. The number of nitrogens with one attached hydrogen (secondary N) is 1. The van der Waals surface area contributed by atoms with Crippen molar-refractivity contribution >= 4 is 23.3 Å². The highest BCUT2D eigenvalue weighted by Crippen LogP contribution is 2.28. The minimum Gasteiger partial charge on any atom is -0.387 e. The van der Waals surface area contributed by atoms with Gasteiger partial charge in [0.25, 0.3) is 0 Å². The van der Waals surface area contributed by atoms with E-state index in [2.05, 4.69) is 16.3 Å². The van der Waals surface area contributed by atoms with Crippen molar-refractivity contribution in [3.8, 4) is 0 Å². The number of urea groups is 1. The smallest absolute Gasteiger partial charge is 0.322 e. The van der Waals surface area contributed by atoms with Gasteiger partial charge in [-0.25, -0.2) is 4.79 Å². The number of hydrogen-bond donors (Lipinski definition) is 2. The van der Waals surface area contributed by atoms with E-state index in [0.717, 1.165) is 42.7 Å². The number of β-amino-alcohol motifs (C(OH)–C–C–N with tert-alkyl or cyclic N) is 1. The third-order valence-electron chi connectivity index (χ3n) is 5.54. The molecule has 6 heteroatoms. The molecular weight excluding hydrogens is 362 g/mol. The van der Waals surface area contributed by atoms with Gasteiger partial charge in [-0.1, -0.05) is 41.9 Å². The summed E-state index contributed by atoms with van der Waals surface area (Å²) in [5.41, 5.74) is 2.97. The van der Waals surface area contributed by atoms with Crippen molar-refractivity contribution in [2.45, 2.75) is 31.5 Å². The molecule has 2 heterocycles. The third kappa shape index (κ3) is 4.10. The standard InChI is InChI=1S/C21H24ClN3O2/c22-17-7-5-15(6-8-17)20(26)14-24-11-9-18(10-12-24)25-13-16-3-1-2-4-19(16)23-21(25)27/h1-8,18,20,26H,9-14H2,(H,23,27)/t20-/m0/s1. The maximum Gasteiger partial charge on any atom is 0.322 e. The molecule has 1 atom stereocenters. The Morgan fingerprint density at radius 1 is 1.11 bits per heavy atom. The van der Waals surface area contributed by atoms with E-state index in [0.29, 0.717) is 18.1 Å². The molecule has 0 aromatic heterocycles. The van der Waals surface area contributed by atoms with Gasteiger partial charge in [-0.15, -0.1) is 0 Å². The van der Waals surface area contributed by atoms with Crippen molar-refractivity contribution in [1.29, 1.82) is 0 Å². The molecule has 2 aromatic rings. The van der Waals surface area contributed by atoms with E-state index in [1.807, 2.05) is 35.2 Å². The topological polar surface area (TPSA) is 55.8 Å². The van der Waals surface area contributed by atoms with Gasteiger partial charge in [-0.2, -0.15) is 0 Å². The Hall–Kier alpha value is -2.08. The zero-order chi connectivity index (χ0) is 18.8. The fourth-order valence-electron chi connectivity index (χ4n) is 3.97. The number of carbonyl (C=O) groups is 1. The average Bonchev–Trinajstić information content (AvgIpc) is 2.68.